The lowest BCUT2D eigenvalue weighted by molar-refractivity contribution is -0.136. The Morgan fingerprint density at radius 1 is 1.11 bits per heavy atom. The summed E-state index contributed by atoms with van der Waals surface area (Å²) in [5, 5.41) is 4.00. The van der Waals surface area contributed by atoms with Crippen LogP contribution in [-0.2, 0) is 12.7 Å². The van der Waals surface area contributed by atoms with Crippen molar-refractivity contribution < 1.29 is 17.7 Å². The molecule has 3 aromatic heterocycles. The normalized spacial score (nSPS) is 16.8. The fourth-order valence-corrected chi connectivity index (χ4v) is 3.88. The SMILES string of the molecule is Cc1cccc(CN2CCC(c3noc4nc(C)cc(C(F)(F)F)c34)CC2)n1. The summed E-state index contributed by atoms with van der Waals surface area (Å²) in [7, 11) is 0. The Morgan fingerprint density at radius 2 is 1.86 bits per heavy atom. The molecule has 0 saturated carbocycles. The smallest absolute Gasteiger partial charge is 0.336 e. The lowest BCUT2D eigenvalue weighted by atomic mass is 9.90. The van der Waals surface area contributed by atoms with Crippen molar-refractivity contribution in [2.75, 3.05) is 13.1 Å². The minimum Gasteiger partial charge on any atom is -0.336 e. The molecule has 0 radical (unpaired) electrons. The average Bonchev–Trinajstić information content (AvgIpc) is 3.04. The Balaban J connectivity index is 1.54. The lowest BCUT2D eigenvalue weighted by Crippen LogP contribution is -2.33. The van der Waals surface area contributed by atoms with Crippen LogP contribution in [0.1, 0.15) is 47.1 Å². The Hall–Kier alpha value is -2.48. The fraction of sp³-hybridized carbons (Fsp3) is 0.450. The summed E-state index contributed by atoms with van der Waals surface area (Å²) in [6, 6.07) is 7.01. The summed E-state index contributed by atoms with van der Waals surface area (Å²) in [5.41, 5.74) is 1.88. The molecule has 148 valence electrons. The van der Waals surface area contributed by atoms with Crippen molar-refractivity contribution in [2.45, 2.75) is 45.3 Å². The third-order valence-electron chi connectivity index (χ3n) is 5.21. The minimum absolute atomic E-state index is 0.0110. The van der Waals surface area contributed by atoms with Gasteiger partial charge in [-0.1, -0.05) is 11.2 Å². The molecule has 8 heteroatoms. The first kappa shape index (κ1) is 18.9. The molecule has 0 aromatic carbocycles. The van der Waals surface area contributed by atoms with Gasteiger partial charge in [0.25, 0.3) is 5.71 Å². The van der Waals surface area contributed by atoms with Crippen LogP contribution in [0.3, 0.4) is 0 Å². The van der Waals surface area contributed by atoms with Gasteiger partial charge in [0.2, 0.25) is 0 Å². The number of hydrogen-bond donors (Lipinski definition) is 0. The zero-order valence-corrected chi connectivity index (χ0v) is 15.8. The van der Waals surface area contributed by atoms with Crippen molar-refractivity contribution in [3.05, 3.63) is 52.6 Å². The van der Waals surface area contributed by atoms with E-state index in [1.165, 1.54) is 6.92 Å². The monoisotopic (exact) mass is 390 g/mol. The summed E-state index contributed by atoms with van der Waals surface area (Å²) < 4.78 is 45.8. The topological polar surface area (TPSA) is 55.1 Å². The molecule has 1 saturated heterocycles. The van der Waals surface area contributed by atoms with E-state index in [0.717, 1.165) is 49.9 Å². The third kappa shape index (κ3) is 3.73. The van der Waals surface area contributed by atoms with E-state index in [9.17, 15) is 13.2 Å². The highest BCUT2D eigenvalue weighted by molar-refractivity contribution is 5.81. The largest absolute Gasteiger partial charge is 0.417 e. The van der Waals surface area contributed by atoms with Crippen LogP contribution in [0.2, 0.25) is 0 Å². The number of aromatic nitrogens is 3. The number of halogens is 3. The molecule has 0 aliphatic carbocycles. The molecule has 28 heavy (non-hydrogen) atoms. The van der Waals surface area contributed by atoms with Crippen LogP contribution in [-0.4, -0.2) is 33.1 Å². The molecule has 4 rings (SSSR count). The predicted molar refractivity (Wildman–Crippen MR) is 97.8 cm³/mol. The van der Waals surface area contributed by atoms with Gasteiger partial charge in [-0.15, -0.1) is 0 Å². The molecular weight excluding hydrogens is 369 g/mol. The van der Waals surface area contributed by atoms with Crippen LogP contribution in [0.4, 0.5) is 13.2 Å². The molecule has 0 amide bonds. The highest BCUT2D eigenvalue weighted by Crippen LogP contribution is 2.40. The van der Waals surface area contributed by atoms with Crippen LogP contribution in [0, 0.1) is 13.8 Å². The predicted octanol–water partition coefficient (Wildman–Crippen LogP) is 4.63. The number of nitrogens with zero attached hydrogens (tertiary/aromatic N) is 4. The van der Waals surface area contributed by atoms with E-state index in [1.807, 2.05) is 25.1 Å². The standard InChI is InChI=1S/C20H21F3N4O/c1-12-4-3-5-15(24-12)11-27-8-6-14(7-9-27)18-17-16(20(21,22)23)10-13(2)25-19(17)28-26-18/h3-5,10,14H,6-9,11H2,1-2H3. The summed E-state index contributed by atoms with van der Waals surface area (Å²) in [6.45, 7) is 5.77. The van der Waals surface area contributed by atoms with Gasteiger partial charge in [-0.2, -0.15) is 13.2 Å². The molecule has 5 nitrogen and oxygen atoms in total. The zero-order valence-electron chi connectivity index (χ0n) is 15.8. The van der Waals surface area contributed by atoms with Crippen LogP contribution >= 0.6 is 0 Å². The molecular formula is C20H21F3N4O. The van der Waals surface area contributed by atoms with Gasteiger partial charge in [-0.05, 0) is 58.0 Å². The van der Waals surface area contributed by atoms with E-state index in [-0.39, 0.29) is 22.7 Å². The quantitative estimate of drug-likeness (QED) is 0.653. The van der Waals surface area contributed by atoms with Crippen LogP contribution in [0.15, 0.2) is 28.8 Å². The van der Waals surface area contributed by atoms with E-state index in [2.05, 4.69) is 20.0 Å². The molecule has 0 spiro atoms. The summed E-state index contributed by atoms with van der Waals surface area (Å²) in [5.74, 6) is -0.0754. The molecule has 0 unspecified atom stereocenters. The highest BCUT2D eigenvalue weighted by atomic mass is 19.4. The van der Waals surface area contributed by atoms with Crippen molar-refractivity contribution in [3.8, 4) is 0 Å². The first-order valence-corrected chi connectivity index (χ1v) is 9.30. The number of fused-ring (bicyclic) bond motifs is 1. The average molecular weight is 390 g/mol. The number of pyridine rings is 2. The van der Waals surface area contributed by atoms with Gasteiger partial charge >= 0.3 is 6.18 Å². The van der Waals surface area contributed by atoms with Gasteiger partial charge in [0, 0.05) is 23.9 Å². The number of hydrogen-bond acceptors (Lipinski definition) is 5. The Kier molecular flexibility index (Phi) is 4.82. The molecule has 3 aromatic rings. The number of alkyl halides is 3. The maximum absolute atomic E-state index is 13.5. The molecule has 0 N–H and O–H groups in total. The summed E-state index contributed by atoms with van der Waals surface area (Å²) >= 11 is 0. The maximum atomic E-state index is 13.5. The molecule has 1 aliphatic heterocycles. The van der Waals surface area contributed by atoms with E-state index in [4.69, 9.17) is 4.52 Å². The highest BCUT2D eigenvalue weighted by Gasteiger charge is 2.37. The summed E-state index contributed by atoms with van der Waals surface area (Å²) in [4.78, 5) is 10.9. The third-order valence-corrected chi connectivity index (χ3v) is 5.21. The molecule has 4 heterocycles. The molecule has 0 bridgehead atoms. The fourth-order valence-electron chi connectivity index (χ4n) is 3.88. The second-order valence-electron chi connectivity index (χ2n) is 7.38. The first-order valence-electron chi connectivity index (χ1n) is 9.30. The maximum Gasteiger partial charge on any atom is 0.417 e. The lowest BCUT2D eigenvalue weighted by Gasteiger charge is -2.31. The number of likely N-dealkylation sites (tertiary alicyclic amines) is 1. The zero-order chi connectivity index (χ0) is 19.9. The van der Waals surface area contributed by atoms with Crippen LogP contribution in [0.25, 0.3) is 11.1 Å². The van der Waals surface area contributed by atoms with E-state index >= 15 is 0 Å². The minimum atomic E-state index is -4.47. The Bertz CT molecular complexity index is 991. The Morgan fingerprint density at radius 3 is 2.54 bits per heavy atom. The number of piperidine rings is 1. The van der Waals surface area contributed by atoms with E-state index in [1.54, 1.807) is 0 Å². The van der Waals surface area contributed by atoms with Gasteiger partial charge in [-0.25, -0.2) is 4.98 Å². The van der Waals surface area contributed by atoms with Gasteiger partial charge < -0.3 is 4.52 Å². The second kappa shape index (κ2) is 7.16. The molecule has 0 atom stereocenters. The molecule has 1 fully saturated rings. The van der Waals surface area contributed by atoms with Gasteiger partial charge in [0.1, 0.15) is 0 Å². The van der Waals surface area contributed by atoms with Crippen molar-refractivity contribution in [2.24, 2.45) is 0 Å². The van der Waals surface area contributed by atoms with Crippen molar-refractivity contribution >= 4 is 11.1 Å². The van der Waals surface area contributed by atoms with Gasteiger partial charge in [-0.3, -0.25) is 9.88 Å². The Labute approximate surface area is 160 Å². The van der Waals surface area contributed by atoms with E-state index in [0.29, 0.717) is 5.69 Å². The van der Waals surface area contributed by atoms with Crippen LogP contribution < -0.4 is 0 Å². The first-order chi connectivity index (χ1) is 13.3. The van der Waals surface area contributed by atoms with Crippen molar-refractivity contribution in [3.63, 3.8) is 0 Å². The summed E-state index contributed by atoms with van der Waals surface area (Å²) in [6.07, 6.45) is -3.03. The van der Waals surface area contributed by atoms with E-state index < -0.39 is 11.7 Å². The number of aryl methyl sites for hydroxylation is 2. The van der Waals surface area contributed by atoms with Crippen molar-refractivity contribution in [1.82, 2.24) is 20.0 Å². The second-order valence-corrected chi connectivity index (χ2v) is 7.38. The number of rotatable bonds is 3. The molecule has 1 aliphatic rings. The van der Waals surface area contributed by atoms with Crippen LogP contribution in [0.5, 0.6) is 0 Å². The van der Waals surface area contributed by atoms with Gasteiger partial charge in [0.15, 0.2) is 0 Å². The van der Waals surface area contributed by atoms with Crippen molar-refractivity contribution in [1.29, 1.82) is 0 Å². The van der Waals surface area contributed by atoms with Gasteiger partial charge in [0.05, 0.1) is 22.3 Å².